The Morgan fingerprint density at radius 2 is 2.37 bits per heavy atom. The quantitative estimate of drug-likeness (QED) is 0.847. The molecule has 3 rings (SSSR count). The van der Waals surface area contributed by atoms with Crippen LogP contribution in [0.4, 0.5) is 0 Å². The van der Waals surface area contributed by atoms with Crippen molar-refractivity contribution in [2.75, 3.05) is 13.1 Å². The van der Waals surface area contributed by atoms with Crippen LogP contribution >= 0.6 is 11.6 Å². The van der Waals surface area contributed by atoms with E-state index in [9.17, 15) is 0 Å². The summed E-state index contributed by atoms with van der Waals surface area (Å²) in [6.07, 6.45) is 3.20. The molecule has 0 saturated heterocycles. The molecule has 1 atom stereocenters. The first kappa shape index (κ1) is 12.4. The molecule has 2 heterocycles. The number of fused-ring (bicyclic) bond motifs is 1. The van der Waals surface area contributed by atoms with Crippen LogP contribution in [0.15, 0.2) is 29.0 Å². The molecule has 2 aromatic rings. The minimum atomic E-state index is 0.163. The highest BCUT2D eigenvalue weighted by molar-refractivity contribution is 6.30. The zero-order valence-corrected chi connectivity index (χ0v) is 11.1. The van der Waals surface area contributed by atoms with Crippen molar-refractivity contribution in [3.05, 3.63) is 41.0 Å². The maximum Gasteiger partial charge on any atom is 0.227 e. The number of halogens is 1. The molecule has 1 N–H and O–H groups in total. The van der Waals surface area contributed by atoms with E-state index >= 15 is 0 Å². The Kier molecular flexibility index (Phi) is 3.66. The van der Waals surface area contributed by atoms with Gasteiger partial charge in [0.25, 0.3) is 0 Å². The van der Waals surface area contributed by atoms with Crippen molar-refractivity contribution in [1.82, 2.24) is 15.5 Å². The van der Waals surface area contributed by atoms with Gasteiger partial charge in [-0.1, -0.05) is 16.8 Å². The Balaban J connectivity index is 1.43. The van der Waals surface area contributed by atoms with Crippen LogP contribution < -0.4 is 10.1 Å². The Bertz CT molecular complexity index is 545. The summed E-state index contributed by atoms with van der Waals surface area (Å²) in [6.45, 7) is 1.58. The summed E-state index contributed by atoms with van der Waals surface area (Å²) >= 11 is 5.96. The van der Waals surface area contributed by atoms with Gasteiger partial charge in [0.1, 0.15) is 11.9 Å². The summed E-state index contributed by atoms with van der Waals surface area (Å²) in [7, 11) is 0. The van der Waals surface area contributed by atoms with Gasteiger partial charge in [-0.15, -0.1) is 0 Å². The van der Waals surface area contributed by atoms with Crippen LogP contribution in [0, 0.1) is 0 Å². The van der Waals surface area contributed by atoms with Crippen LogP contribution in [-0.2, 0) is 12.8 Å². The molecule has 100 valence electrons. The van der Waals surface area contributed by atoms with Gasteiger partial charge in [-0.25, -0.2) is 0 Å². The van der Waals surface area contributed by atoms with E-state index in [-0.39, 0.29) is 6.10 Å². The standard InChI is InChI=1S/C13H14ClN3O2/c14-10-1-2-12-9(5-10)6-11(18-12)7-15-4-3-13-16-8-17-19-13/h1-2,5,8,11,15H,3-4,6-7H2. The molecular weight excluding hydrogens is 266 g/mol. The van der Waals surface area contributed by atoms with Crippen molar-refractivity contribution >= 4 is 11.6 Å². The summed E-state index contributed by atoms with van der Waals surface area (Å²) in [6, 6.07) is 5.75. The van der Waals surface area contributed by atoms with E-state index in [0.717, 1.165) is 36.7 Å². The van der Waals surface area contributed by atoms with Crippen molar-refractivity contribution in [3.8, 4) is 5.75 Å². The molecule has 0 radical (unpaired) electrons. The highest BCUT2D eigenvalue weighted by Gasteiger charge is 2.22. The lowest BCUT2D eigenvalue weighted by atomic mass is 10.1. The lowest BCUT2D eigenvalue weighted by Crippen LogP contribution is -2.31. The molecule has 1 aliphatic heterocycles. The monoisotopic (exact) mass is 279 g/mol. The van der Waals surface area contributed by atoms with Crippen molar-refractivity contribution in [2.45, 2.75) is 18.9 Å². The molecule has 1 aliphatic rings. The van der Waals surface area contributed by atoms with Gasteiger partial charge in [0, 0.05) is 31.0 Å². The van der Waals surface area contributed by atoms with E-state index in [4.69, 9.17) is 20.9 Å². The van der Waals surface area contributed by atoms with E-state index in [2.05, 4.69) is 15.5 Å². The maximum absolute atomic E-state index is 5.96. The first-order valence-electron chi connectivity index (χ1n) is 6.22. The van der Waals surface area contributed by atoms with E-state index in [1.54, 1.807) is 0 Å². The molecule has 0 amide bonds. The minimum Gasteiger partial charge on any atom is -0.488 e. The molecule has 0 bridgehead atoms. The number of hydrogen-bond donors (Lipinski definition) is 1. The van der Waals surface area contributed by atoms with E-state index < -0.39 is 0 Å². The molecule has 1 unspecified atom stereocenters. The maximum atomic E-state index is 5.96. The second-order valence-corrected chi connectivity index (χ2v) is 4.92. The highest BCUT2D eigenvalue weighted by atomic mass is 35.5. The zero-order valence-electron chi connectivity index (χ0n) is 10.3. The normalized spacial score (nSPS) is 17.2. The zero-order chi connectivity index (χ0) is 13.1. The van der Waals surface area contributed by atoms with Crippen molar-refractivity contribution in [1.29, 1.82) is 0 Å². The van der Waals surface area contributed by atoms with Crippen LogP contribution in [0.1, 0.15) is 11.5 Å². The average molecular weight is 280 g/mol. The van der Waals surface area contributed by atoms with Gasteiger partial charge in [-0.2, -0.15) is 4.98 Å². The lowest BCUT2D eigenvalue weighted by molar-refractivity contribution is 0.227. The van der Waals surface area contributed by atoms with Gasteiger partial charge in [0.15, 0.2) is 6.33 Å². The molecule has 0 fully saturated rings. The van der Waals surface area contributed by atoms with Crippen LogP contribution in [0.25, 0.3) is 0 Å². The van der Waals surface area contributed by atoms with Gasteiger partial charge >= 0.3 is 0 Å². The third kappa shape index (κ3) is 3.05. The molecule has 0 aliphatic carbocycles. The van der Waals surface area contributed by atoms with Crippen molar-refractivity contribution in [2.24, 2.45) is 0 Å². The third-order valence-corrected chi connectivity index (χ3v) is 3.29. The van der Waals surface area contributed by atoms with E-state index in [1.807, 2.05) is 18.2 Å². The number of nitrogens with one attached hydrogen (secondary N) is 1. The van der Waals surface area contributed by atoms with Crippen LogP contribution in [-0.4, -0.2) is 29.3 Å². The Morgan fingerprint density at radius 1 is 1.42 bits per heavy atom. The second kappa shape index (κ2) is 5.59. The topological polar surface area (TPSA) is 60.2 Å². The molecular formula is C13H14ClN3O2. The van der Waals surface area contributed by atoms with Gasteiger partial charge in [0.05, 0.1) is 0 Å². The summed E-state index contributed by atoms with van der Waals surface area (Å²) in [5, 5.41) is 7.65. The van der Waals surface area contributed by atoms with Crippen molar-refractivity contribution < 1.29 is 9.26 Å². The number of ether oxygens (including phenoxy) is 1. The van der Waals surface area contributed by atoms with Crippen LogP contribution in [0.3, 0.4) is 0 Å². The summed E-state index contributed by atoms with van der Waals surface area (Å²) < 4.78 is 10.7. The Hall–Kier alpha value is -1.59. The molecule has 6 heteroatoms. The SMILES string of the molecule is Clc1ccc2c(c1)CC(CNCCc1ncno1)O2. The predicted octanol–water partition coefficient (Wildman–Crippen LogP) is 1.86. The smallest absolute Gasteiger partial charge is 0.227 e. The number of benzene rings is 1. The van der Waals surface area contributed by atoms with Crippen molar-refractivity contribution in [3.63, 3.8) is 0 Å². The highest BCUT2D eigenvalue weighted by Crippen LogP contribution is 2.30. The minimum absolute atomic E-state index is 0.163. The van der Waals surface area contributed by atoms with Gasteiger partial charge in [-0.05, 0) is 23.8 Å². The number of aromatic nitrogens is 2. The molecule has 5 nitrogen and oxygen atoms in total. The van der Waals surface area contributed by atoms with Gasteiger partial charge in [0.2, 0.25) is 5.89 Å². The largest absolute Gasteiger partial charge is 0.488 e. The molecule has 0 spiro atoms. The van der Waals surface area contributed by atoms with Crippen LogP contribution in [0.5, 0.6) is 5.75 Å². The fourth-order valence-corrected chi connectivity index (χ4v) is 2.36. The molecule has 19 heavy (non-hydrogen) atoms. The van der Waals surface area contributed by atoms with Gasteiger partial charge < -0.3 is 14.6 Å². The second-order valence-electron chi connectivity index (χ2n) is 4.49. The fourth-order valence-electron chi connectivity index (χ4n) is 2.17. The first-order valence-corrected chi connectivity index (χ1v) is 6.60. The van der Waals surface area contributed by atoms with Crippen LogP contribution in [0.2, 0.25) is 5.02 Å². The van der Waals surface area contributed by atoms with E-state index in [0.29, 0.717) is 5.89 Å². The number of rotatable bonds is 5. The first-order chi connectivity index (χ1) is 9.31. The fraction of sp³-hybridized carbons (Fsp3) is 0.385. The lowest BCUT2D eigenvalue weighted by Gasteiger charge is -2.11. The summed E-state index contributed by atoms with van der Waals surface area (Å²) in [5.74, 6) is 1.59. The summed E-state index contributed by atoms with van der Waals surface area (Å²) in [5.41, 5.74) is 1.18. The number of nitrogens with zero attached hydrogens (tertiary/aromatic N) is 2. The van der Waals surface area contributed by atoms with Gasteiger partial charge in [-0.3, -0.25) is 0 Å². The van der Waals surface area contributed by atoms with E-state index in [1.165, 1.54) is 11.9 Å². The Labute approximate surface area is 115 Å². The predicted molar refractivity (Wildman–Crippen MR) is 70.4 cm³/mol. The third-order valence-electron chi connectivity index (χ3n) is 3.06. The molecule has 1 aromatic carbocycles. The molecule has 0 saturated carbocycles. The summed E-state index contributed by atoms with van der Waals surface area (Å²) in [4.78, 5) is 3.96. The number of hydrogen-bond acceptors (Lipinski definition) is 5. The average Bonchev–Trinajstić information content (AvgIpc) is 3.02. The molecule has 1 aromatic heterocycles. The Morgan fingerprint density at radius 3 is 3.21 bits per heavy atom.